The van der Waals surface area contributed by atoms with Gasteiger partial charge in [-0.15, -0.1) is 0 Å². The van der Waals surface area contributed by atoms with Crippen LogP contribution in [0.15, 0.2) is 52.3 Å². The largest absolute Gasteiger partial charge is 0.218 e. The lowest BCUT2D eigenvalue weighted by Crippen LogP contribution is -2.04. The topological polar surface area (TPSA) is 57.9 Å². The maximum atomic E-state index is 13.6. The number of hydrogen-bond acceptors (Lipinski definition) is 3. The zero-order chi connectivity index (χ0) is 16.3. The van der Waals surface area contributed by atoms with Crippen LogP contribution < -0.4 is 0 Å². The molecule has 0 aromatic heterocycles. The van der Waals surface area contributed by atoms with Crippen molar-refractivity contribution < 1.29 is 17.2 Å². The highest BCUT2D eigenvalue weighted by atomic mass is 35.5. The third-order valence-electron chi connectivity index (χ3n) is 2.80. The predicted octanol–water partition coefficient (Wildman–Crippen LogP) is 3.96. The molecule has 2 aromatic rings. The van der Waals surface area contributed by atoms with Crippen LogP contribution in [0.1, 0.15) is 5.56 Å². The molecule has 22 heavy (non-hydrogen) atoms. The fourth-order valence-corrected chi connectivity index (χ4v) is 2.96. The van der Waals surface area contributed by atoms with E-state index in [4.69, 9.17) is 16.9 Å². The first-order chi connectivity index (χ1) is 10.4. The SMILES string of the molecule is N#CC(=Cc1c(F)cccc1F)S(=O)(=O)c1ccc(Cl)cc1. The summed E-state index contributed by atoms with van der Waals surface area (Å²) in [5, 5.41) is 9.37. The van der Waals surface area contributed by atoms with Crippen molar-refractivity contribution in [1.82, 2.24) is 0 Å². The lowest BCUT2D eigenvalue weighted by Gasteiger charge is -2.04. The van der Waals surface area contributed by atoms with Gasteiger partial charge in [-0.05, 0) is 42.5 Å². The van der Waals surface area contributed by atoms with Gasteiger partial charge in [0.05, 0.1) is 4.90 Å². The summed E-state index contributed by atoms with van der Waals surface area (Å²) >= 11 is 5.67. The van der Waals surface area contributed by atoms with E-state index in [2.05, 4.69) is 0 Å². The molecule has 0 unspecified atom stereocenters. The molecule has 0 N–H and O–H groups in total. The number of allylic oxidation sites excluding steroid dienone is 1. The van der Waals surface area contributed by atoms with Crippen LogP contribution in [-0.2, 0) is 9.84 Å². The molecule has 2 aromatic carbocycles. The van der Waals surface area contributed by atoms with Crippen molar-refractivity contribution >= 4 is 27.5 Å². The van der Waals surface area contributed by atoms with Gasteiger partial charge < -0.3 is 0 Å². The molecule has 0 saturated heterocycles. The molecule has 0 fully saturated rings. The van der Waals surface area contributed by atoms with Crippen LogP contribution in [0.2, 0.25) is 5.02 Å². The number of nitrogens with zero attached hydrogens (tertiary/aromatic N) is 1. The molecule has 0 bridgehead atoms. The van der Waals surface area contributed by atoms with Crippen LogP contribution in [0.5, 0.6) is 0 Å². The number of nitriles is 1. The highest BCUT2D eigenvalue weighted by Gasteiger charge is 2.22. The number of sulfone groups is 1. The van der Waals surface area contributed by atoms with Gasteiger partial charge in [-0.1, -0.05) is 17.7 Å². The van der Waals surface area contributed by atoms with E-state index in [1.54, 1.807) is 0 Å². The number of rotatable bonds is 3. The van der Waals surface area contributed by atoms with Crippen molar-refractivity contribution in [3.05, 3.63) is 69.6 Å². The molecule has 0 spiro atoms. The average molecular weight is 340 g/mol. The summed E-state index contributed by atoms with van der Waals surface area (Å²) in [6.45, 7) is 0. The van der Waals surface area contributed by atoms with Crippen molar-refractivity contribution in [2.75, 3.05) is 0 Å². The van der Waals surface area contributed by atoms with E-state index in [0.717, 1.165) is 18.2 Å². The maximum absolute atomic E-state index is 13.6. The third-order valence-corrected chi connectivity index (χ3v) is 4.73. The lowest BCUT2D eigenvalue weighted by molar-refractivity contribution is 0.578. The summed E-state index contributed by atoms with van der Waals surface area (Å²) in [4.78, 5) is -0.958. The third kappa shape index (κ3) is 3.16. The molecular formula is C15H8ClF2NO2S. The molecule has 0 radical (unpaired) electrons. The zero-order valence-electron chi connectivity index (χ0n) is 10.9. The Labute approximate surface area is 131 Å². The molecule has 3 nitrogen and oxygen atoms in total. The first kappa shape index (κ1) is 16.1. The Morgan fingerprint density at radius 3 is 2.14 bits per heavy atom. The van der Waals surface area contributed by atoms with E-state index in [1.807, 2.05) is 0 Å². The molecule has 0 aliphatic heterocycles. The quantitative estimate of drug-likeness (QED) is 0.795. The molecular weight excluding hydrogens is 332 g/mol. The van der Waals surface area contributed by atoms with Crippen LogP contribution >= 0.6 is 11.6 Å². The molecule has 0 aliphatic carbocycles. The van der Waals surface area contributed by atoms with E-state index >= 15 is 0 Å². The van der Waals surface area contributed by atoms with Crippen LogP contribution in [0.25, 0.3) is 6.08 Å². The van der Waals surface area contributed by atoms with Gasteiger partial charge in [-0.2, -0.15) is 5.26 Å². The van der Waals surface area contributed by atoms with Crippen LogP contribution in [-0.4, -0.2) is 8.42 Å². The first-order valence-corrected chi connectivity index (χ1v) is 7.79. The van der Waals surface area contributed by atoms with E-state index in [-0.39, 0.29) is 4.90 Å². The average Bonchev–Trinajstić information content (AvgIpc) is 2.47. The van der Waals surface area contributed by atoms with Crippen LogP contribution in [0.4, 0.5) is 8.78 Å². The van der Waals surface area contributed by atoms with Gasteiger partial charge in [0.15, 0.2) is 0 Å². The van der Waals surface area contributed by atoms with Crippen molar-refractivity contribution in [2.45, 2.75) is 4.90 Å². The van der Waals surface area contributed by atoms with Gasteiger partial charge in [-0.3, -0.25) is 0 Å². The number of hydrogen-bond donors (Lipinski definition) is 0. The fourth-order valence-electron chi connectivity index (χ4n) is 1.69. The summed E-state index contributed by atoms with van der Waals surface area (Å²) < 4.78 is 51.8. The van der Waals surface area contributed by atoms with Gasteiger partial charge in [0, 0.05) is 10.6 Å². The lowest BCUT2D eigenvalue weighted by atomic mass is 10.2. The highest BCUT2D eigenvalue weighted by molar-refractivity contribution is 7.95. The summed E-state index contributed by atoms with van der Waals surface area (Å²) in [6, 6.07) is 9.65. The van der Waals surface area contributed by atoms with Gasteiger partial charge in [0.2, 0.25) is 9.84 Å². The maximum Gasteiger partial charge on any atom is 0.216 e. The van der Waals surface area contributed by atoms with E-state index < -0.39 is 31.9 Å². The molecule has 0 saturated carbocycles. The standard InChI is InChI=1S/C15H8ClF2NO2S/c16-10-4-6-11(7-5-10)22(20,21)12(9-19)8-13-14(17)2-1-3-15(13)18/h1-8H. The van der Waals surface area contributed by atoms with Crippen molar-refractivity contribution in [3.63, 3.8) is 0 Å². The second kappa shape index (κ2) is 6.26. The summed E-state index contributed by atoms with van der Waals surface area (Å²) in [5.74, 6) is -1.92. The minimum Gasteiger partial charge on any atom is -0.218 e. The van der Waals surface area contributed by atoms with Crippen molar-refractivity contribution in [2.24, 2.45) is 0 Å². The normalized spacial score (nSPS) is 12.0. The fraction of sp³-hybridized carbons (Fsp3) is 0. The number of halogens is 3. The van der Waals surface area contributed by atoms with Gasteiger partial charge >= 0.3 is 0 Å². The molecule has 2 rings (SSSR count). The van der Waals surface area contributed by atoms with Crippen molar-refractivity contribution in [1.29, 1.82) is 5.26 Å². The van der Waals surface area contributed by atoms with Crippen molar-refractivity contribution in [3.8, 4) is 6.07 Å². The van der Waals surface area contributed by atoms with Gasteiger partial charge in [0.25, 0.3) is 0 Å². The highest BCUT2D eigenvalue weighted by Crippen LogP contribution is 2.24. The van der Waals surface area contributed by atoms with E-state index in [9.17, 15) is 17.2 Å². The Morgan fingerprint density at radius 2 is 1.64 bits per heavy atom. The molecule has 112 valence electrons. The Bertz CT molecular complexity index is 864. The Kier molecular flexibility index (Phi) is 4.59. The Hall–Kier alpha value is -2.23. The van der Waals surface area contributed by atoms with E-state index in [1.165, 1.54) is 30.3 Å². The second-order valence-corrected chi connectivity index (χ2v) is 6.57. The molecule has 7 heteroatoms. The van der Waals surface area contributed by atoms with Gasteiger partial charge in [0.1, 0.15) is 22.6 Å². The summed E-state index contributed by atoms with van der Waals surface area (Å²) in [7, 11) is -4.19. The smallest absolute Gasteiger partial charge is 0.216 e. The van der Waals surface area contributed by atoms with E-state index in [0.29, 0.717) is 11.1 Å². The molecule has 0 atom stereocenters. The summed E-state index contributed by atoms with van der Waals surface area (Å²) in [6.07, 6.45) is 0.675. The van der Waals surface area contributed by atoms with Crippen LogP contribution in [0.3, 0.4) is 0 Å². The Morgan fingerprint density at radius 1 is 1.09 bits per heavy atom. The minimum atomic E-state index is -4.19. The first-order valence-electron chi connectivity index (χ1n) is 5.92. The molecule has 0 heterocycles. The number of benzene rings is 2. The molecule has 0 amide bonds. The second-order valence-electron chi connectivity index (χ2n) is 4.21. The monoisotopic (exact) mass is 339 g/mol. The zero-order valence-corrected chi connectivity index (χ0v) is 12.5. The Balaban J connectivity index is 2.59. The molecule has 0 aliphatic rings. The van der Waals surface area contributed by atoms with Crippen LogP contribution in [0, 0.1) is 23.0 Å². The van der Waals surface area contributed by atoms with Gasteiger partial charge in [-0.25, -0.2) is 17.2 Å². The predicted molar refractivity (Wildman–Crippen MR) is 78.6 cm³/mol. The minimum absolute atomic E-state index is 0.193. The summed E-state index contributed by atoms with van der Waals surface area (Å²) in [5.41, 5.74) is -0.586.